The van der Waals surface area contributed by atoms with Gasteiger partial charge in [0.15, 0.2) is 0 Å². The Bertz CT molecular complexity index is 496. The highest BCUT2D eigenvalue weighted by Crippen LogP contribution is 2.43. The van der Waals surface area contributed by atoms with Crippen molar-refractivity contribution in [1.82, 2.24) is 9.55 Å². The molecule has 2 nitrogen and oxygen atoms in total. The fraction of sp³-hybridized carbons (Fsp3) is 0.526. The van der Waals surface area contributed by atoms with E-state index >= 15 is 0 Å². The average molecular weight is 284 g/mol. The first-order valence-corrected chi connectivity index (χ1v) is 8.19. The van der Waals surface area contributed by atoms with Crippen LogP contribution in [0.25, 0.3) is 0 Å². The molecule has 0 N–H and O–H groups in total. The normalized spacial score (nSPS) is 24.9. The van der Waals surface area contributed by atoms with Crippen LogP contribution in [-0.2, 0) is 6.54 Å². The van der Waals surface area contributed by atoms with Crippen molar-refractivity contribution in [2.24, 2.45) is 11.3 Å². The molecule has 0 fully saturated rings. The van der Waals surface area contributed by atoms with Crippen LogP contribution in [0.2, 0.25) is 0 Å². The minimum absolute atomic E-state index is 0.187. The van der Waals surface area contributed by atoms with E-state index in [-0.39, 0.29) is 5.41 Å². The van der Waals surface area contributed by atoms with Crippen molar-refractivity contribution in [3.63, 3.8) is 0 Å². The van der Waals surface area contributed by atoms with Crippen molar-refractivity contribution < 1.29 is 0 Å². The molecule has 2 atom stereocenters. The molecular weight excluding hydrogens is 256 g/mol. The van der Waals surface area contributed by atoms with E-state index in [2.05, 4.69) is 54.4 Å². The van der Waals surface area contributed by atoms with Crippen molar-refractivity contribution in [3.8, 4) is 0 Å². The molecule has 0 aromatic carbocycles. The minimum atomic E-state index is 0.187. The maximum Gasteiger partial charge on any atom is 0.0946 e. The van der Waals surface area contributed by atoms with Crippen LogP contribution in [0.15, 0.2) is 55.2 Å². The zero-order valence-electron chi connectivity index (χ0n) is 13.5. The molecule has 114 valence electrons. The predicted molar refractivity (Wildman–Crippen MR) is 90.0 cm³/mol. The lowest BCUT2D eigenvalue weighted by Gasteiger charge is -2.40. The van der Waals surface area contributed by atoms with Gasteiger partial charge in [0, 0.05) is 24.4 Å². The molecule has 0 spiro atoms. The van der Waals surface area contributed by atoms with Gasteiger partial charge < -0.3 is 4.57 Å². The molecule has 0 radical (unpaired) electrons. The van der Waals surface area contributed by atoms with Crippen LogP contribution in [0.1, 0.15) is 46.0 Å². The zero-order chi connectivity index (χ0) is 15.1. The second-order valence-corrected chi connectivity index (χ2v) is 6.23. The summed E-state index contributed by atoms with van der Waals surface area (Å²) in [7, 11) is 0. The van der Waals surface area contributed by atoms with Gasteiger partial charge in [-0.15, -0.1) is 0 Å². The summed E-state index contributed by atoms with van der Waals surface area (Å²) in [4.78, 5) is 4.20. The van der Waals surface area contributed by atoms with E-state index in [1.54, 1.807) is 0 Å². The predicted octanol–water partition coefficient (Wildman–Crippen LogP) is 5.16. The van der Waals surface area contributed by atoms with E-state index in [9.17, 15) is 0 Å². The van der Waals surface area contributed by atoms with E-state index in [0.717, 1.165) is 6.54 Å². The Kier molecular flexibility index (Phi) is 5.60. The molecule has 1 heterocycles. The van der Waals surface area contributed by atoms with E-state index in [4.69, 9.17) is 0 Å². The number of unbranched alkanes of at least 4 members (excludes halogenated alkanes) is 3. The van der Waals surface area contributed by atoms with Crippen molar-refractivity contribution >= 4 is 0 Å². The molecule has 0 aliphatic heterocycles. The molecule has 0 saturated carbocycles. The smallest absolute Gasteiger partial charge is 0.0946 e. The zero-order valence-corrected chi connectivity index (χ0v) is 13.5. The third-order valence-corrected chi connectivity index (χ3v) is 4.85. The Balaban J connectivity index is 2.15. The topological polar surface area (TPSA) is 17.8 Å². The molecular formula is C19H28N2. The summed E-state index contributed by atoms with van der Waals surface area (Å²) in [6.07, 6.45) is 21.2. The maximum atomic E-state index is 4.20. The summed E-state index contributed by atoms with van der Waals surface area (Å²) in [5.74, 6) is 0.504. The van der Waals surface area contributed by atoms with Gasteiger partial charge in [0.1, 0.15) is 0 Å². The van der Waals surface area contributed by atoms with Crippen molar-refractivity contribution in [2.45, 2.75) is 52.5 Å². The van der Waals surface area contributed by atoms with Crippen LogP contribution in [0.3, 0.4) is 0 Å². The maximum absolute atomic E-state index is 4.20. The van der Waals surface area contributed by atoms with Gasteiger partial charge in [-0.2, -0.15) is 0 Å². The number of allylic oxidation sites excluding steroid dienone is 5. The van der Waals surface area contributed by atoms with Crippen LogP contribution in [0, 0.1) is 11.3 Å². The Morgan fingerprint density at radius 1 is 1.38 bits per heavy atom. The van der Waals surface area contributed by atoms with Crippen molar-refractivity contribution in [3.05, 3.63) is 55.2 Å². The van der Waals surface area contributed by atoms with Crippen LogP contribution in [0.4, 0.5) is 0 Å². The van der Waals surface area contributed by atoms with Gasteiger partial charge in [-0.3, -0.25) is 0 Å². The lowest BCUT2D eigenvalue weighted by Crippen LogP contribution is -2.34. The van der Waals surface area contributed by atoms with Crippen molar-refractivity contribution in [2.75, 3.05) is 0 Å². The first kappa shape index (κ1) is 15.8. The van der Waals surface area contributed by atoms with E-state index in [0.29, 0.717) is 5.92 Å². The Labute approximate surface area is 129 Å². The van der Waals surface area contributed by atoms with Gasteiger partial charge in [-0.05, 0) is 17.9 Å². The highest BCUT2D eigenvalue weighted by Gasteiger charge is 2.36. The number of aromatic nitrogens is 2. The summed E-state index contributed by atoms with van der Waals surface area (Å²) in [5.41, 5.74) is 1.54. The molecule has 21 heavy (non-hydrogen) atoms. The van der Waals surface area contributed by atoms with E-state index in [1.165, 1.54) is 37.7 Å². The number of hydrogen-bond donors (Lipinski definition) is 0. The second-order valence-electron chi connectivity index (χ2n) is 6.23. The largest absolute Gasteiger partial charge is 0.337 e. The first-order chi connectivity index (χ1) is 10.2. The number of imidazole rings is 1. The standard InChI is InChI=1S/C19H28N2/c1-4-6-7-8-11-19(15-21-14-13-20-16-21)12-9-10-18(5-2)17(19)3/h5,9-10,12-14,16-17H,2,4,6-8,11,15H2,1,3H3. The number of rotatable bonds is 8. The molecule has 0 amide bonds. The van der Waals surface area contributed by atoms with Crippen LogP contribution in [0.5, 0.6) is 0 Å². The lowest BCUT2D eigenvalue weighted by molar-refractivity contribution is 0.211. The third kappa shape index (κ3) is 3.75. The summed E-state index contributed by atoms with van der Waals surface area (Å²) < 4.78 is 2.21. The highest BCUT2D eigenvalue weighted by molar-refractivity contribution is 5.33. The van der Waals surface area contributed by atoms with Gasteiger partial charge in [0.2, 0.25) is 0 Å². The minimum Gasteiger partial charge on any atom is -0.337 e. The summed E-state index contributed by atoms with van der Waals surface area (Å²) >= 11 is 0. The monoisotopic (exact) mass is 284 g/mol. The molecule has 2 heteroatoms. The molecule has 1 aromatic heterocycles. The molecule has 2 unspecified atom stereocenters. The Morgan fingerprint density at radius 2 is 2.24 bits per heavy atom. The lowest BCUT2D eigenvalue weighted by atomic mass is 9.67. The van der Waals surface area contributed by atoms with Crippen LogP contribution >= 0.6 is 0 Å². The molecule has 0 saturated heterocycles. The molecule has 0 bridgehead atoms. The summed E-state index contributed by atoms with van der Waals surface area (Å²) in [5, 5.41) is 0. The molecule has 1 aliphatic rings. The highest BCUT2D eigenvalue weighted by atomic mass is 15.0. The Hall–Kier alpha value is -1.57. The SMILES string of the molecule is C=CC1=CC=CC(CCCCCC)(Cn2ccnc2)C1C. The fourth-order valence-electron chi connectivity index (χ4n) is 3.39. The average Bonchev–Trinajstić information content (AvgIpc) is 2.99. The summed E-state index contributed by atoms with van der Waals surface area (Å²) in [6.45, 7) is 9.60. The van der Waals surface area contributed by atoms with Gasteiger partial charge in [0.25, 0.3) is 0 Å². The van der Waals surface area contributed by atoms with Gasteiger partial charge in [-0.1, -0.05) is 70.4 Å². The number of nitrogens with zero attached hydrogens (tertiary/aromatic N) is 2. The van der Waals surface area contributed by atoms with Gasteiger partial charge in [-0.25, -0.2) is 4.98 Å². The fourth-order valence-corrected chi connectivity index (χ4v) is 3.39. The quantitative estimate of drug-likeness (QED) is 0.603. The third-order valence-electron chi connectivity index (χ3n) is 4.85. The van der Waals surface area contributed by atoms with Crippen LogP contribution < -0.4 is 0 Å². The first-order valence-electron chi connectivity index (χ1n) is 8.19. The molecule has 1 aliphatic carbocycles. The van der Waals surface area contributed by atoms with E-state index < -0.39 is 0 Å². The van der Waals surface area contributed by atoms with Gasteiger partial charge >= 0.3 is 0 Å². The van der Waals surface area contributed by atoms with Crippen molar-refractivity contribution in [1.29, 1.82) is 0 Å². The second kappa shape index (κ2) is 7.44. The van der Waals surface area contributed by atoms with Crippen LogP contribution in [-0.4, -0.2) is 9.55 Å². The molecule has 1 aromatic rings. The molecule has 2 rings (SSSR count). The summed E-state index contributed by atoms with van der Waals surface area (Å²) in [6, 6.07) is 0. The van der Waals surface area contributed by atoms with Gasteiger partial charge in [0.05, 0.1) is 6.33 Å². The number of hydrogen-bond acceptors (Lipinski definition) is 1. The Morgan fingerprint density at radius 3 is 2.90 bits per heavy atom. The van der Waals surface area contributed by atoms with E-state index in [1.807, 2.05) is 18.6 Å².